The summed E-state index contributed by atoms with van der Waals surface area (Å²) < 4.78 is 0. The van der Waals surface area contributed by atoms with Crippen molar-refractivity contribution >= 4 is 17.5 Å². The summed E-state index contributed by atoms with van der Waals surface area (Å²) in [6, 6.07) is 8.81. The Hall–Kier alpha value is -2.54. The van der Waals surface area contributed by atoms with Gasteiger partial charge in [0.2, 0.25) is 0 Å². The number of hydrogen-bond acceptors (Lipinski definition) is 3. The normalized spacial score (nSPS) is 14.4. The third-order valence-electron chi connectivity index (χ3n) is 2.66. The van der Waals surface area contributed by atoms with E-state index in [2.05, 4.69) is 5.92 Å². The minimum atomic E-state index is -0.344. The largest absolute Gasteiger partial charge is 0.359 e. The van der Waals surface area contributed by atoms with Crippen LogP contribution in [0.1, 0.15) is 0 Å². The van der Waals surface area contributed by atoms with E-state index in [9.17, 15) is 9.59 Å². The van der Waals surface area contributed by atoms with E-state index < -0.39 is 0 Å². The highest BCUT2D eigenvalue weighted by molar-refractivity contribution is 6.30. The Morgan fingerprint density at radius 1 is 1.28 bits per heavy atom. The lowest BCUT2D eigenvalue weighted by Gasteiger charge is -2.19. The molecular weight excluding hydrogens is 228 g/mol. The summed E-state index contributed by atoms with van der Waals surface area (Å²) >= 11 is 0. The first-order chi connectivity index (χ1) is 8.65. The molecule has 4 nitrogen and oxygen atoms in total. The maximum Gasteiger partial charge on any atom is 0.281 e. The van der Waals surface area contributed by atoms with E-state index in [4.69, 9.17) is 6.42 Å². The molecule has 0 unspecified atom stereocenters. The predicted octanol–water partition coefficient (Wildman–Crippen LogP) is 1.01. The molecule has 0 aromatic heterocycles. The number of likely N-dealkylation sites (N-methyl/N-ethyl adjacent to an activating group) is 1. The standard InChI is InChI=1S/C14H12N2O2/c1-3-9-15(2)12-10-13(17)16(14(12)18)11-7-5-4-6-8-11/h1,4-8,10H,9H2,2H3. The van der Waals surface area contributed by atoms with Crippen molar-refractivity contribution < 1.29 is 9.59 Å². The second kappa shape index (κ2) is 4.76. The number of para-hydroxylation sites is 1. The number of hydrogen-bond donors (Lipinski definition) is 0. The van der Waals surface area contributed by atoms with Gasteiger partial charge in [0.25, 0.3) is 11.8 Å². The number of imide groups is 1. The van der Waals surface area contributed by atoms with Gasteiger partial charge in [-0.2, -0.15) is 0 Å². The summed E-state index contributed by atoms with van der Waals surface area (Å²) in [6.45, 7) is 0.285. The van der Waals surface area contributed by atoms with Gasteiger partial charge in [0.15, 0.2) is 0 Å². The van der Waals surface area contributed by atoms with Gasteiger partial charge in [-0.15, -0.1) is 6.42 Å². The number of nitrogens with zero attached hydrogens (tertiary/aromatic N) is 2. The van der Waals surface area contributed by atoms with Crippen molar-refractivity contribution in [2.45, 2.75) is 0 Å². The summed E-state index contributed by atoms with van der Waals surface area (Å²) in [5.41, 5.74) is 0.884. The molecule has 0 aliphatic carbocycles. The molecule has 1 aliphatic heterocycles. The van der Waals surface area contributed by atoms with Crippen molar-refractivity contribution in [2.24, 2.45) is 0 Å². The van der Waals surface area contributed by atoms with Crippen LogP contribution in [-0.2, 0) is 9.59 Å². The molecule has 0 fully saturated rings. The summed E-state index contributed by atoms with van der Waals surface area (Å²) in [6.07, 6.45) is 6.51. The van der Waals surface area contributed by atoms with E-state index in [0.717, 1.165) is 4.90 Å². The summed E-state index contributed by atoms with van der Waals surface area (Å²) in [7, 11) is 1.69. The van der Waals surface area contributed by atoms with Crippen molar-refractivity contribution in [1.82, 2.24) is 4.90 Å². The Morgan fingerprint density at radius 2 is 1.94 bits per heavy atom. The van der Waals surface area contributed by atoms with Crippen LogP contribution in [0.25, 0.3) is 0 Å². The van der Waals surface area contributed by atoms with Crippen LogP contribution < -0.4 is 4.90 Å². The fourth-order valence-corrected chi connectivity index (χ4v) is 1.78. The summed E-state index contributed by atoms with van der Waals surface area (Å²) in [4.78, 5) is 26.7. The Bertz CT molecular complexity index is 555. The van der Waals surface area contributed by atoms with E-state index in [-0.39, 0.29) is 18.4 Å². The van der Waals surface area contributed by atoms with Crippen LogP contribution in [0.4, 0.5) is 5.69 Å². The predicted molar refractivity (Wildman–Crippen MR) is 68.5 cm³/mol. The first kappa shape index (κ1) is 11.9. The number of anilines is 1. The zero-order chi connectivity index (χ0) is 13.1. The van der Waals surface area contributed by atoms with Gasteiger partial charge in [-0.3, -0.25) is 9.59 Å². The highest BCUT2D eigenvalue weighted by Gasteiger charge is 2.33. The van der Waals surface area contributed by atoms with Crippen molar-refractivity contribution in [1.29, 1.82) is 0 Å². The number of benzene rings is 1. The number of amides is 2. The Kier molecular flexibility index (Phi) is 3.16. The fraction of sp³-hybridized carbons (Fsp3) is 0.143. The lowest BCUT2D eigenvalue weighted by atomic mass is 10.3. The quantitative estimate of drug-likeness (QED) is 0.585. The first-order valence-electron chi connectivity index (χ1n) is 5.45. The minimum absolute atomic E-state index is 0.285. The van der Waals surface area contributed by atoms with E-state index >= 15 is 0 Å². The molecule has 1 aromatic rings. The van der Waals surface area contributed by atoms with Crippen LogP contribution in [-0.4, -0.2) is 30.3 Å². The topological polar surface area (TPSA) is 40.6 Å². The molecule has 18 heavy (non-hydrogen) atoms. The average molecular weight is 240 g/mol. The smallest absolute Gasteiger partial charge is 0.281 e. The Balaban J connectivity index is 2.28. The van der Waals surface area contributed by atoms with Gasteiger partial charge in [0.1, 0.15) is 5.70 Å². The Labute approximate surface area is 105 Å². The SMILES string of the molecule is C#CCN(C)C1=CC(=O)N(c2ccccc2)C1=O. The number of carbonyl (C=O) groups excluding carboxylic acids is 2. The van der Waals surface area contributed by atoms with Gasteiger partial charge in [-0.25, -0.2) is 4.90 Å². The van der Waals surface area contributed by atoms with Crippen LogP contribution in [0.2, 0.25) is 0 Å². The average Bonchev–Trinajstić information content (AvgIpc) is 2.66. The number of terminal acetylenes is 1. The van der Waals surface area contributed by atoms with Crippen molar-refractivity contribution in [3.05, 3.63) is 42.1 Å². The van der Waals surface area contributed by atoms with Gasteiger partial charge in [0, 0.05) is 13.1 Å². The van der Waals surface area contributed by atoms with E-state index in [1.165, 1.54) is 6.08 Å². The summed E-state index contributed by atoms with van der Waals surface area (Å²) in [5, 5.41) is 0. The molecule has 0 N–H and O–H groups in total. The maximum atomic E-state index is 12.2. The number of rotatable bonds is 3. The molecule has 0 saturated carbocycles. The third-order valence-corrected chi connectivity index (χ3v) is 2.66. The lowest BCUT2D eigenvalue weighted by Crippen LogP contribution is -2.34. The summed E-state index contributed by atoms with van der Waals surface area (Å²) in [5.74, 6) is 1.75. The van der Waals surface area contributed by atoms with Gasteiger partial charge >= 0.3 is 0 Å². The number of carbonyl (C=O) groups is 2. The highest BCUT2D eigenvalue weighted by atomic mass is 16.2. The van der Waals surface area contributed by atoms with Crippen LogP contribution in [0.15, 0.2) is 42.1 Å². The van der Waals surface area contributed by atoms with Crippen LogP contribution in [0.5, 0.6) is 0 Å². The van der Waals surface area contributed by atoms with Crippen LogP contribution in [0.3, 0.4) is 0 Å². The minimum Gasteiger partial charge on any atom is -0.359 e. The van der Waals surface area contributed by atoms with Crippen molar-refractivity contribution in [2.75, 3.05) is 18.5 Å². The van der Waals surface area contributed by atoms with Gasteiger partial charge in [0.05, 0.1) is 12.2 Å². The third kappa shape index (κ3) is 1.98. The second-order valence-electron chi connectivity index (χ2n) is 3.90. The molecule has 4 heteroatoms. The molecule has 1 aliphatic rings. The van der Waals surface area contributed by atoms with Crippen molar-refractivity contribution in [3.63, 3.8) is 0 Å². The van der Waals surface area contributed by atoms with Crippen LogP contribution >= 0.6 is 0 Å². The van der Waals surface area contributed by atoms with E-state index in [0.29, 0.717) is 11.4 Å². The zero-order valence-corrected chi connectivity index (χ0v) is 9.96. The van der Waals surface area contributed by atoms with Crippen molar-refractivity contribution in [3.8, 4) is 12.3 Å². The Morgan fingerprint density at radius 3 is 2.56 bits per heavy atom. The van der Waals surface area contributed by atoms with Gasteiger partial charge in [-0.1, -0.05) is 24.1 Å². The molecule has 1 aromatic carbocycles. The molecule has 0 spiro atoms. The molecule has 0 atom stereocenters. The fourth-order valence-electron chi connectivity index (χ4n) is 1.78. The first-order valence-corrected chi connectivity index (χ1v) is 5.45. The molecule has 0 bridgehead atoms. The highest BCUT2D eigenvalue weighted by Crippen LogP contribution is 2.23. The second-order valence-corrected chi connectivity index (χ2v) is 3.90. The van der Waals surface area contributed by atoms with Gasteiger partial charge in [-0.05, 0) is 12.1 Å². The molecular formula is C14H12N2O2. The van der Waals surface area contributed by atoms with Crippen LogP contribution in [0, 0.1) is 12.3 Å². The molecule has 1 heterocycles. The molecule has 0 saturated heterocycles. The van der Waals surface area contributed by atoms with E-state index in [1.54, 1.807) is 36.2 Å². The molecule has 2 rings (SSSR count). The maximum absolute atomic E-state index is 12.2. The zero-order valence-electron chi connectivity index (χ0n) is 9.96. The molecule has 2 amide bonds. The lowest BCUT2D eigenvalue weighted by molar-refractivity contribution is -0.120. The van der Waals surface area contributed by atoms with E-state index in [1.807, 2.05) is 6.07 Å². The monoisotopic (exact) mass is 240 g/mol. The molecule has 0 radical (unpaired) electrons. The molecule has 90 valence electrons. The van der Waals surface area contributed by atoms with Gasteiger partial charge < -0.3 is 4.90 Å².